The van der Waals surface area contributed by atoms with Crippen LogP contribution in [0.3, 0.4) is 0 Å². The quantitative estimate of drug-likeness (QED) is 0.580. The first kappa shape index (κ1) is 15.5. The van der Waals surface area contributed by atoms with Crippen LogP contribution in [0.2, 0.25) is 0 Å². The third kappa shape index (κ3) is 6.27. The molecular weight excluding hydrogens is 240 g/mol. The van der Waals surface area contributed by atoms with Crippen molar-refractivity contribution in [3.8, 4) is 5.75 Å². The molecular formula is C16H24O3. The molecule has 0 heterocycles. The highest BCUT2D eigenvalue weighted by Crippen LogP contribution is 2.25. The number of hydrogen-bond donors (Lipinski definition) is 0. The summed E-state index contributed by atoms with van der Waals surface area (Å²) in [5.41, 5.74) is 1.40. The van der Waals surface area contributed by atoms with Crippen molar-refractivity contribution in [2.24, 2.45) is 0 Å². The van der Waals surface area contributed by atoms with Crippen molar-refractivity contribution in [2.45, 2.75) is 46.0 Å². The Hall–Kier alpha value is -1.51. The summed E-state index contributed by atoms with van der Waals surface area (Å²) >= 11 is 0. The van der Waals surface area contributed by atoms with Crippen LogP contribution >= 0.6 is 0 Å². The Labute approximate surface area is 115 Å². The maximum absolute atomic E-state index is 10.6. The lowest BCUT2D eigenvalue weighted by molar-refractivity contribution is -0.141. The highest BCUT2D eigenvalue weighted by atomic mass is 16.5. The van der Waals surface area contributed by atoms with Gasteiger partial charge in [0.2, 0.25) is 0 Å². The van der Waals surface area contributed by atoms with Gasteiger partial charge in [-0.15, -0.1) is 0 Å². The summed E-state index contributed by atoms with van der Waals surface area (Å²) in [6, 6.07) is 8.20. The first-order chi connectivity index (χ1) is 8.89. The molecule has 1 aromatic rings. The molecule has 0 atom stereocenters. The van der Waals surface area contributed by atoms with E-state index in [0.717, 1.165) is 18.6 Å². The van der Waals surface area contributed by atoms with E-state index in [1.807, 2.05) is 12.1 Å². The van der Waals surface area contributed by atoms with Crippen molar-refractivity contribution in [3.05, 3.63) is 29.8 Å². The predicted molar refractivity (Wildman–Crippen MR) is 76.5 cm³/mol. The van der Waals surface area contributed by atoms with Gasteiger partial charge in [0.05, 0.1) is 13.2 Å². The molecule has 106 valence electrons. The van der Waals surface area contributed by atoms with E-state index < -0.39 is 0 Å². The standard InChI is InChI=1S/C16H24O3/c1-13(17)18-10-5-6-11-19-15-9-7-8-14(12-15)16(2,3)4/h7-9,12H,5-6,10-11H2,1-4H3. The van der Waals surface area contributed by atoms with Crippen molar-refractivity contribution in [2.75, 3.05) is 13.2 Å². The van der Waals surface area contributed by atoms with Crippen LogP contribution in [0.4, 0.5) is 0 Å². The lowest BCUT2D eigenvalue weighted by Crippen LogP contribution is -2.11. The van der Waals surface area contributed by atoms with Crippen LogP contribution in [0.25, 0.3) is 0 Å². The Bertz CT molecular complexity index is 405. The van der Waals surface area contributed by atoms with Gasteiger partial charge in [0.1, 0.15) is 5.75 Å². The molecule has 0 saturated carbocycles. The summed E-state index contributed by atoms with van der Waals surface area (Å²) in [6.45, 7) is 9.10. The summed E-state index contributed by atoms with van der Waals surface area (Å²) in [5, 5.41) is 0. The largest absolute Gasteiger partial charge is 0.494 e. The van der Waals surface area contributed by atoms with E-state index in [2.05, 4.69) is 32.9 Å². The first-order valence-corrected chi connectivity index (χ1v) is 6.76. The minimum absolute atomic E-state index is 0.134. The lowest BCUT2D eigenvalue weighted by atomic mass is 9.87. The molecule has 1 aromatic carbocycles. The van der Waals surface area contributed by atoms with Gasteiger partial charge in [0.25, 0.3) is 0 Å². The molecule has 3 heteroatoms. The number of carbonyl (C=O) groups excluding carboxylic acids is 1. The zero-order chi connectivity index (χ0) is 14.3. The number of esters is 1. The Morgan fingerprint density at radius 2 is 1.84 bits per heavy atom. The van der Waals surface area contributed by atoms with E-state index in [-0.39, 0.29) is 11.4 Å². The second-order valence-corrected chi connectivity index (χ2v) is 5.67. The molecule has 0 bridgehead atoms. The first-order valence-electron chi connectivity index (χ1n) is 6.76. The minimum Gasteiger partial charge on any atom is -0.494 e. The topological polar surface area (TPSA) is 35.5 Å². The molecule has 0 saturated heterocycles. The van der Waals surface area contributed by atoms with E-state index in [1.165, 1.54) is 12.5 Å². The zero-order valence-electron chi connectivity index (χ0n) is 12.4. The van der Waals surface area contributed by atoms with Gasteiger partial charge in [0, 0.05) is 6.92 Å². The molecule has 0 spiro atoms. The van der Waals surface area contributed by atoms with Crippen molar-refractivity contribution in [1.82, 2.24) is 0 Å². The number of rotatable bonds is 6. The minimum atomic E-state index is -0.223. The highest BCUT2D eigenvalue weighted by Gasteiger charge is 2.13. The summed E-state index contributed by atoms with van der Waals surface area (Å²) < 4.78 is 10.6. The van der Waals surface area contributed by atoms with Crippen molar-refractivity contribution in [3.63, 3.8) is 0 Å². The molecule has 3 nitrogen and oxygen atoms in total. The summed E-state index contributed by atoms with van der Waals surface area (Å²) in [5.74, 6) is 0.679. The smallest absolute Gasteiger partial charge is 0.302 e. The fourth-order valence-electron chi connectivity index (χ4n) is 1.66. The van der Waals surface area contributed by atoms with Crippen LogP contribution in [-0.2, 0) is 14.9 Å². The molecule has 0 fully saturated rings. The highest BCUT2D eigenvalue weighted by molar-refractivity contribution is 5.65. The van der Waals surface area contributed by atoms with E-state index in [0.29, 0.717) is 13.2 Å². The number of ether oxygens (including phenoxy) is 2. The van der Waals surface area contributed by atoms with E-state index >= 15 is 0 Å². The third-order valence-corrected chi connectivity index (χ3v) is 2.81. The Balaban J connectivity index is 2.32. The lowest BCUT2D eigenvalue weighted by Gasteiger charge is -2.19. The maximum atomic E-state index is 10.6. The van der Waals surface area contributed by atoms with Gasteiger partial charge < -0.3 is 9.47 Å². The van der Waals surface area contributed by atoms with Gasteiger partial charge in [0.15, 0.2) is 0 Å². The average Bonchev–Trinajstić information content (AvgIpc) is 2.32. The van der Waals surface area contributed by atoms with Gasteiger partial charge in [-0.1, -0.05) is 32.9 Å². The summed E-state index contributed by atoms with van der Waals surface area (Å²) in [4.78, 5) is 10.6. The average molecular weight is 264 g/mol. The van der Waals surface area contributed by atoms with Gasteiger partial charge in [-0.25, -0.2) is 0 Å². The van der Waals surface area contributed by atoms with Crippen molar-refractivity contribution in [1.29, 1.82) is 0 Å². The molecule has 0 aliphatic rings. The normalized spacial score (nSPS) is 11.2. The second kappa shape index (κ2) is 7.17. The zero-order valence-corrected chi connectivity index (χ0v) is 12.4. The van der Waals surface area contributed by atoms with Crippen LogP contribution in [0, 0.1) is 0 Å². The van der Waals surface area contributed by atoms with Crippen LogP contribution in [0.1, 0.15) is 46.1 Å². The maximum Gasteiger partial charge on any atom is 0.302 e. The predicted octanol–water partition coefficient (Wildman–Crippen LogP) is 3.71. The van der Waals surface area contributed by atoms with Gasteiger partial charge in [-0.3, -0.25) is 4.79 Å². The Kier molecular flexibility index (Phi) is 5.87. The van der Waals surface area contributed by atoms with Crippen LogP contribution in [0.5, 0.6) is 5.75 Å². The number of carbonyl (C=O) groups is 1. The third-order valence-electron chi connectivity index (χ3n) is 2.81. The van der Waals surface area contributed by atoms with Gasteiger partial charge in [-0.2, -0.15) is 0 Å². The SMILES string of the molecule is CC(=O)OCCCCOc1cccc(C(C)(C)C)c1. The number of benzene rings is 1. The molecule has 0 aliphatic heterocycles. The molecule has 0 amide bonds. The number of hydrogen-bond acceptors (Lipinski definition) is 3. The molecule has 1 rings (SSSR count). The van der Waals surface area contributed by atoms with Crippen LogP contribution in [0.15, 0.2) is 24.3 Å². The van der Waals surface area contributed by atoms with E-state index in [1.54, 1.807) is 0 Å². The van der Waals surface area contributed by atoms with Crippen LogP contribution < -0.4 is 4.74 Å². The van der Waals surface area contributed by atoms with E-state index in [9.17, 15) is 4.79 Å². The Morgan fingerprint density at radius 1 is 1.16 bits per heavy atom. The van der Waals surface area contributed by atoms with Crippen LogP contribution in [-0.4, -0.2) is 19.2 Å². The van der Waals surface area contributed by atoms with Crippen molar-refractivity contribution >= 4 is 5.97 Å². The molecule has 0 aliphatic carbocycles. The van der Waals surface area contributed by atoms with E-state index in [4.69, 9.17) is 9.47 Å². The molecule has 0 N–H and O–H groups in total. The number of unbranched alkanes of at least 4 members (excludes halogenated alkanes) is 1. The molecule has 0 aromatic heterocycles. The molecule has 0 unspecified atom stereocenters. The monoisotopic (exact) mass is 264 g/mol. The Morgan fingerprint density at radius 3 is 2.47 bits per heavy atom. The molecule has 19 heavy (non-hydrogen) atoms. The fourth-order valence-corrected chi connectivity index (χ4v) is 1.66. The fraction of sp³-hybridized carbons (Fsp3) is 0.562. The summed E-state index contributed by atoms with van der Waals surface area (Å²) in [6.07, 6.45) is 1.71. The van der Waals surface area contributed by atoms with Gasteiger partial charge >= 0.3 is 5.97 Å². The van der Waals surface area contributed by atoms with Gasteiger partial charge in [-0.05, 0) is 36.0 Å². The molecule has 0 radical (unpaired) electrons. The van der Waals surface area contributed by atoms with Crippen molar-refractivity contribution < 1.29 is 14.3 Å². The second-order valence-electron chi connectivity index (χ2n) is 5.67. The summed E-state index contributed by atoms with van der Waals surface area (Å²) in [7, 11) is 0.